The molecule has 1 heterocycles. The van der Waals surface area contributed by atoms with Gasteiger partial charge in [0.05, 0.1) is 6.21 Å². The maximum Gasteiger partial charge on any atom is 0.303 e. The topological polar surface area (TPSA) is 82.0 Å². The lowest BCUT2D eigenvalue weighted by Gasteiger charge is -2.17. The highest BCUT2D eigenvalue weighted by molar-refractivity contribution is 5.82. The minimum absolute atomic E-state index is 0.143. The molecule has 6 nitrogen and oxygen atoms in total. The van der Waals surface area contributed by atoms with Gasteiger partial charge in [0.15, 0.2) is 0 Å². The van der Waals surface area contributed by atoms with E-state index < -0.39 is 5.97 Å². The average molecular weight is 331 g/mol. The molecule has 1 fully saturated rings. The summed E-state index contributed by atoms with van der Waals surface area (Å²) in [6.07, 6.45) is 6.70. The highest BCUT2D eigenvalue weighted by Gasteiger charge is 2.11. The molecule has 24 heavy (non-hydrogen) atoms. The van der Waals surface area contributed by atoms with Crippen LogP contribution in [0.25, 0.3) is 0 Å². The molecule has 1 aromatic carbocycles. The van der Waals surface area contributed by atoms with Crippen LogP contribution in [0.1, 0.15) is 50.5 Å². The van der Waals surface area contributed by atoms with Crippen molar-refractivity contribution in [2.45, 2.75) is 44.9 Å². The Morgan fingerprint density at radius 3 is 2.42 bits per heavy atom. The number of carbonyl (C=O) groups excluding carboxylic acids is 1. The second-order valence-corrected chi connectivity index (χ2v) is 6.03. The Balaban J connectivity index is 1.65. The Bertz CT molecular complexity index is 563. The summed E-state index contributed by atoms with van der Waals surface area (Å²) in [6, 6.07) is 8.15. The minimum Gasteiger partial charge on any atom is -0.481 e. The van der Waals surface area contributed by atoms with E-state index in [1.54, 1.807) is 6.21 Å². The molecule has 0 bridgehead atoms. The van der Waals surface area contributed by atoms with Crippen molar-refractivity contribution in [2.75, 3.05) is 18.0 Å². The van der Waals surface area contributed by atoms with Gasteiger partial charge in [0, 0.05) is 31.6 Å². The van der Waals surface area contributed by atoms with Crippen LogP contribution < -0.4 is 10.3 Å². The molecule has 1 aromatic rings. The van der Waals surface area contributed by atoms with Gasteiger partial charge >= 0.3 is 5.97 Å². The van der Waals surface area contributed by atoms with E-state index in [1.807, 2.05) is 12.1 Å². The number of benzene rings is 1. The molecule has 1 aliphatic rings. The number of hydrazone groups is 1. The van der Waals surface area contributed by atoms with E-state index >= 15 is 0 Å². The Hall–Kier alpha value is -2.37. The van der Waals surface area contributed by atoms with Gasteiger partial charge in [-0.15, -0.1) is 0 Å². The number of nitrogens with one attached hydrogen (secondary N) is 1. The predicted octanol–water partition coefficient (Wildman–Crippen LogP) is 2.77. The van der Waals surface area contributed by atoms with E-state index in [-0.39, 0.29) is 12.3 Å². The SMILES string of the molecule is O=C(O)CCCCCC(=O)N/N=C/c1ccc(N2CCCC2)cc1. The Kier molecular flexibility index (Phi) is 7.26. The minimum atomic E-state index is -0.792. The van der Waals surface area contributed by atoms with Crippen LogP contribution in [0.3, 0.4) is 0 Å². The van der Waals surface area contributed by atoms with Gasteiger partial charge in [-0.25, -0.2) is 5.43 Å². The van der Waals surface area contributed by atoms with Crippen molar-refractivity contribution in [3.05, 3.63) is 29.8 Å². The van der Waals surface area contributed by atoms with E-state index in [9.17, 15) is 9.59 Å². The van der Waals surface area contributed by atoms with Crippen LogP contribution in [0, 0.1) is 0 Å². The number of anilines is 1. The van der Waals surface area contributed by atoms with E-state index in [0.29, 0.717) is 19.3 Å². The molecular weight excluding hydrogens is 306 g/mol. The van der Waals surface area contributed by atoms with E-state index in [2.05, 4.69) is 27.6 Å². The molecule has 0 atom stereocenters. The first-order chi connectivity index (χ1) is 11.6. The zero-order valence-corrected chi connectivity index (χ0v) is 13.9. The van der Waals surface area contributed by atoms with Crippen LogP contribution in [0.15, 0.2) is 29.4 Å². The lowest BCUT2D eigenvalue weighted by atomic mass is 10.1. The highest BCUT2D eigenvalue weighted by atomic mass is 16.4. The molecule has 6 heteroatoms. The lowest BCUT2D eigenvalue weighted by molar-refractivity contribution is -0.137. The number of hydrogen-bond acceptors (Lipinski definition) is 4. The molecule has 0 radical (unpaired) electrons. The molecule has 2 N–H and O–H groups in total. The first kappa shape index (κ1) is 18.0. The third-order valence-corrected chi connectivity index (χ3v) is 4.06. The zero-order valence-electron chi connectivity index (χ0n) is 13.9. The largest absolute Gasteiger partial charge is 0.481 e. The number of rotatable bonds is 9. The van der Waals surface area contributed by atoms with Crippen LogP contribution >= 0.6 is 0 Å². The summed E-state index contributed by atoms with van der Waals surface area (Å²) in [5, 5.41) is 12.5. The molecule has 0 aromatic heterocycles. The fraction of sp³-hybridized carbons (Fsp3) is 0.500. The van der Waals surface area contributed by atoms with Gasteiger partial charge in [-0.3, -0.25) is 9.59 Å². The van der Waals surface area contributed by atoms with Crippen molar-refractivity contribution in [2.24, 2.45) is 5.10 Å². The van der Waals surface area contributed by atoms with Crippen LogP contribution in [0.2, 0.25) is 0 Å². The monoisotopic (exact) mass is 331 g/mol. The lowest BCUT2D eigenvalue weighted by Crippen LogP contribution is -2.17. The van der Waals surface area contributed by atoms with Gasteiger partial charge in [0.2, 0.25) is 5.91 Å². The second-order valence-electron chi connectivity index (χ2n) is 6.03. The smallest absolute Gasteiger partial charge is 0.303 e. The van der Waals surface area contributed by atoms with Crippen molar-refractivity contribution < 1.29 is 14.7 Å². The van der Waals surface area contributed by atoms with Gasteiger partial charge in [0.1, 0.15) is 0 Å². The third-order valence-electron chi connectivity index (χ3n) is 4.06. The first-order valence-electron chi connectivity index (χ1n) is 8.54. The summed E-state index contributed by atoms with van der Waals surface area (Å²) in [6.45, 7) is 2.24. The summed E-state index contributed by atoms with van der Waals surface area (Å²) >= 11 is 0. The Labute approximate surface area is 142 Å². The van der Waals surface area contributed by atoms with Gasteiger partial charge < -0.3 is 10.0 Å². The molecule has 1 saturated heterocycles. The summed E-state index contributed by atoms with van der Waals surface area (Å²) in [5.74, 6) is -0.935. The van der Waals surface area contributed by atoms with Crippen molar-refractivity contribution in [3.63, 3.8) is 0 Å². The highest BCUT2D eigenvalue weighted by Crippen LogP contribution is 2.19. The van der Waals surface area contributed by atoms with E-state index in [1.165, 1.54) is 18.5 Å². The maximum atomic E-state index is 11.6. The number of nitrogens with zero attached hydrogens (tertiary/aromatic N) is 2. The summed E-state index contributed by atoms with van der Waals surface area (Å²) in [5.41, 5.74) is 4.68. The molecule has 0 saturated carbocycles. The molecule has 0 unspecified atom stereocenters. The molecule has 0 aliphatic carbocycles. The first-order valence-corrected chi connectivity index (χ1v) is 8.54. The zero-order chi connectivity index (χ0) is 17.2. The number of amides is 1. The normalized spacial score (nSPS) is 14.2. The molecular formula is C18H25N3O3. The van der Waals surface area contributed by atoms with Crippen molar-refractivity contribution in [3.8, 4) is 0 Å². The van der Waals surface area contributed by atoms with Crippen molar-refractivity contribution in [1.82, 2.24) is 5.43 Å². The number of unbranched alkanes of at least 4 members (excludes halogenated alkanes) is 2. The third kappa shape index (κ3) is 6.40. The number of carboxylic acid groups (broad SMARTS) is 1. The molecule has 2 rings (SSSR count). The number of aliphatic carboxylic acids is 1. The molecule has 1 amide bonds. The summed E-state index contributed by atoms with van der Waals surface area (Å²) in [4.78, 5) is 24.3. The van der Waals surface area contributed by atoms with Gasteiger partial charge in [-0.1, -0.05) is 18.6 Å². The van der Waals surface area contributed by atoms with Crippen molar-refractivity contribution in [1.29, 1.82) is 0 Å². The van der Waals surface area contributed by atoms with Gasteiger partial charge in [0.25, 0.3) is 0 Å². The molecule has 0 spiro atoms. The maximum absolute atomic E-state index is 11.6. The second kappa shape index (κ2) is 9.70. The summed E-state index contributed by atoms with van der Waals surface area (Å²) in [7, 11) is 0. The standard InChI is InChI=1S/C18H25N3O3/c22-17(6-2-1-3-7-18(23)24)20-19-14-15-8-10-16(11-9-15)21-12-4-5-13-21/h8-11,14H,1-7,12-13H2,(H,20,22)(H,23,24)/b19-14+. The quantitative estimate of drug-likeness (QED) is 0.414. The van der Waals surface area contributed by atoms with Crippen LogP contribution in [0.4, 0.5) is 5.69 Å². The Morgan fingerprint density at radius 1 is 1.08 bits per heavy atom. The average Bonchev–Trinajstić information content (AvgIpc) is 3.09. The van der Waals surface area contributed by atoms with E-state index in [0.717, 1.165) is 25.1 Å². The number of carbonyl (C=O) groups is 2. The Morgan fingerprint density at radius 2 is 1.75 bits per heavy atom. The van der Waals surface area contributed by atoms with Crippen LogP contribution in [-0.4, -0.2) is 36.3 Å². The molecule has 130 valence electrons. The van der Waals surface area contributed by atoms with Gasteiger partial charge in [-0.05, 0) is 43.4 Å². The fourth-order valence-electron chi connectivity index (χ4n) is 2.72. The predicted molar refractivity (Wildman–Crippen MR) is 94.3 cm³/mol. The van der Waals surface area contributed by atoms with Crippen molar-refractivity contribution >= 4 is 23.8 Å². The molecule has 1 aliphatic heterocycles. The van der Waals surface area contributed by atoms with Crippen LogP contribution in [0.5, 0.6) is 0 Å². The van der Waals surface area contributed by atoms with E-state index in [4.69, 9.17) is 5.11 Å². The number of carboxylic acids is 1. The fourth-order valence-corrected chi connectivity index (χ4v) is 2.72. The van der Waals surface area contributed by atoms with Crippen LogP contribution in [-0.2, 0) is 9.59 Å². The number of hydrogen-bond donors (Lipinski definition) is 2. The summed E-state index contributed by atoms with van der Waals surface area (Å²) < 4.78 is 0. The van der Waals surface area contributed by atoms with Gasteiger partial charge in [-0.2, -0.15) is 5.10 Å².